The summed E-state index contributed by atoms with van der Waals surface area (Å²) in [5.41, 5.74) is 3.03. The Morgan fingerprint density at radius 1 is 1.07 bits per heavy atom. The Balaban J connectivity index is 1.65. The summed E-state index contributed by atoms with van der Waals surface area (Å²) < 4.78 is 1.81. The van der Waals surface area contributed by atoms with Crippen LogP contribution < -0.4 is 16.0 Å². The van der Waals surface area contributed by atoms with Crippen LogP contribution in [-0.2, 0) is 11.3 Å². The third-order valence-corrected chi connectivity index (χ3v) is 3.87. The molecule has 0 radical (unpaired) electrons. The van der Waals surface area contributed by atoms with Crippen LogP contribution in [0.5, 0.6) is 0 Å². The molecular weight excluding hydrogens is 344 g/mol. The number of hydrogen-bond acceptors (Lipinski definition) is 4. The molecule has 1 aromatic heterocycles. The summed E-state index contributed by atoms with van der Waals surface area (Å²) in [6.07, 6.45) is 1.60. The van der Waals surface area contributed by atoms with Gasteiger partial charge in [0.05, 0.1) is 6.54 Å². The molecular formula is C19H20N6O2. The third-order valence-electron chi connectivity index (χ3n) is 3.87. The number of nitrogens with one attached hydrogen (secondary N) is 3. The highest BCUT2D eigenvalue weighted by molar-refractivity contribution is 5.93. The zero-order valence-electron chi connectivity index (χ0n) is 15.1. The molecule has 0 aliphatic heterocycles. The Hall–Kier alpha value is -3.68. The van der Waals surface area contributed by atoms with Gasteiger partial charge in [-0.1, -0.05) is 24.3 Å². The number of hydrogen-bond donors (Lipinski definition) is 3. The highest BCUT2D eigenvalue weighted by atomic mass is 16.2. The van der Waals surface area contributed by atoms with Crippen LogP contribution in [0, 0.1) is 6.92 Å². The molecule has 1 heterocycles. The van der Waals surface area contributed by atoms with Gasteiger partial charge in [0.15, 0.2) is 5.82 Å². The summed E-state index contributed by atoms with van der Waals surface area (Å²) in [6.45, 7) is 3.52. The number of nitrogens with zero attached hydrogens (tertiary/aromatic N) is 3. The molecule has 0 atom stereocenters. The van der Waals surface area contributed by atoms with Gasteiger partial charge in [0.25, 0.3) is 0 Å². The van der Waals surface area contributed by atoms with Crippen LogP contribution in [0.25, 0.3) is 5.69 Å². The molecule has 0 fully saturated rings. The van der Waals surface area contributed by atoms with Crippen molar-refractivity contribution in [3.63, 3.8) is 0 Å². The number of urea groups is 1. The van der Waals surface area contributed by atoms with Gasteiger partial charge in [-0.3, -0.25) is 9.36 Å². The van der Waals surface area contributed by atoms with Gasteiger partial charge in [-0.25, -0.2) is 4.79 Å². The Morgan fingerprint density at radius 3 is 2.59 bits per heavy atom. The molecule has 138 valence electrons. The average Bonchev–Trinajstić information content (AvgIpc) is 3.12. The molecule has 0 unspecified atom stereocenters. The number of benzene rings is 2. The number of amides is 3. The van der Waals surface area contributed by atoms with Gasteiger partial charge in [-0.15, -0.1) is 10.2 Å². The van der Waals surface area contributed by atoms with Gasteiger partial charge in [0.1, 0.15) is 6.33 Å². The molecule has 27 heavy (non-hydrogen) atoms. The summed E-state index contributed by atoms with van der Waals surface area (Å²) in [7, 11) is 0. The molecule has 8 nitrogen and oxygen atoms in total. The fraction of sp³-hybridized carbons (Fsp3) is 0.158. The summed E-state index contributed by atoms with van der Waals surface area (Å²) in [4.78, 5) is 23.5. The molecule has 3 N–H and O–H groups in total. The molecule has 2 aromatic carbocycles. The lowest BCUT2D eigenvalue weighted by Gasteiger charge is -2.12. The lowest BCUT2D eigenvalue weighted by Crippen LogP contribution is -2.29. The van der Waals surface area contributed by atoms with E-state index in [2.05, 4.69) is 26.1 Å². The molecule has 0 aliphatic rings. The van der Waals surface area contributed by atoms with Crippen LogP contribution in [0.3, 0.4) is 0 Å². The van der Waals surface area contributed by atoms with E-state index in [4.69, 9.17) is 0 Å². The molecule has 0 spiro atoms. The summed E-state index contributed by atoms with van der Waals surface area (Å²) >= 11 is 0. The largest absolute Gasteiger partial charge is 0.331 e. The Bertz CT molecular complexity index is 952. The van der Waals surface area contributed by atoms with Crippen LogP contribution in [-0.4, -0.2) is 26.7 Å². The van der Waals surface area contributed by atoms with E-state index in [1.807, 2.05) is 47.9 Å². The SMILES string of the molecule is CC(=O)Nc1ccc(C)c(NC(=O)NCc2nncn2-c2ccccc2)c1. The Labute approximate surface area is 156 Å². The van der Waals surface area contributed by atoms with Gasteiger partial charge >= 0.3 is 6.03 Å². The first kappa shape index (κ1) is 18.1. The van der Waals surface area contributed by atoms with Crippen molar-refractivity contribution in [3.8, 4) is 5.69 Å². The molecule has 0 aliphatic carbocycles. The lowest BCUT2D eigenvalue weighted by atomic mass is 10.2. The van der Waals surface area contributed by atoms with Crippen molar-refractivity contribution in [2.45, 2.75) is 20.4 Å². The normalized spacial score (nSPS) is 10.3. The number of para-hydroxylation sites is 1. The van der Waals surface area contributed by atoms with Crippen molar-refractivity contribution in [3.05, 3.63) is 66.2 Å². The van der Waals surface area contributed by atoms with Crippen molar-refractivity contribution in [1.82, 2.24) is 20.1 Å². The third kappa shape index (κ3) is 4.69. The molecule has 3 amide bonds. The van der Waals surface area contributed by atoms with Crippen LogP contribution in [0.15, 0.2) is 54.9 Å². The second-order valence-corrected chi connectivity index (χ2v) is 5.97. The van der Waals surface area contributed by atoms with E-state index >= 15 is 0 Å². The predicted molar refractivity (Wildman–Crippen MR) is 103 cm³/mol. The van der Waals surface area contributed by atoms with Gasteiger partial charge in [-0.05, 0) is 36.8 Å². The Kier molecular flexibility index (Phi) is 5.46. The van der Waals surface area contributed by atoms with Crippen molar-refractivity contribution < 1.29 is 9.59 Å². The minimum absolute atomic E-state index is 0.172. The number of aryl methyl sites for hydroxylation is 1. The van der Waals surface area contributed by atoms with Crippen LogP contribution >= 0.6 is 0 Å². The van der Waals surface area contributed by atoms with E-state index in [9.17, 15) is 9.59 Å². The molecule has 8 heteroatoms. The fourth-order valence-corrected chi connectivity index (χ4v) is 2.55. The number of carbonyl (C=O) groups excluding carboxylic acids is 2. The molecule has 0 saturated carbocycles. The van der Waals surface area contributed by atoms with E-state index < -0.39 is 0 Å². The maximum atomic E-state index is 12.3. The maximum Gasteiger partial charge on any atom is 0.319 e. The first-order valence-electron chi connectivity index (χ1n) is 8.40. The highest BCUT2D eigenvalue weighted by Gasteiger charge is 2.10. The van der Waals surface area contributed by atoms with Crippen molar-refractivity contribution >= 4 is 23.3 Å². The minimum atomic E-state index is -0.374. The van der Waals surface area contributed by atoms with Gasteiger partial charge < -0.3 is 16.0 Å². The first-order chi connectivity index (χ1) is 13.0. The standard InChI is InChI=1S/C19H20N6O2/c1-13-8-9-15(22-14(2)26)10-17(13)23-19(27)20-11-18-24-21-12-25(18)16-6-4-3-5-7-16/h3-10,12H,11H2,1-2H3,(H,22,26)(H2,20,23,27). The molecule has 0 bridgehead atoms. The molecule has 3 rings (SSSR count). The number of rotatable bonds is 5. The van der Waals surface area contributed by atoms with Gasteiger partial charge in [0, 0.05) is 24.0 Å². The first-order valence-corrected chi connectivity index (χ1v) is 8.40. The lowest BCUT2D eigenvalue weighted by molar-refractivity contribution is -0.114. The van der Waals surface area contributed by atoms with E-state index in [0.29, 0.717) is 17.2 Å². The summed E-state index contributed by atoms with van der Waals surface area (Å²) in [5, 5.41) is 16.2. The smallest absolute Gasteiger partial charge is 0.319 e. The van der Waals surface area contributed by atoms with Crippen molar-refractivity contribution in [2.24, 2.45) is 0 Å². The zero-order valence-corrected chi connectivity index (χ0v) is 15.1. The number of anilines is 2. The van der Waals surface area contributed by atoms with Crippen LogP contribution in [0.4, 0.5) is 16.2 Å². The number of aromatic nitrogens is 3. The minimum Gasteiger partial charge on any atom is -0.331 e. The van der Waals surface area contributed by atoms with Crippen molar-refractivity contribution in [2.75, 3.05) is 10.6 Å². The quantitative estimate of drug-likeness (QED) is 0.648. The second kappa shape index (κ2) is 8.13. The van der Waals surface area contributed by atoms with E-state index in [1.165, 1.54) is 6.92 Å². The van der Waals surface area contributed by atoms with Gasteiger partial charge in [-0.2, -0.15) is 0 Å². The average molecular weight is 364 g/mol. The maximum absolute atomic E-state index is 12.3. The fourth-order valence-electron chi connectivity index (χ4n) is 2.55. The zero-order chi connectivity index (χ0) is 19.2. The second-order valence-electron chi connectivity index (χ2n) is 5.97. The van der Waals surface area contributed by atoms with Crippen LogP contribution in [0.2, 0.25) is 0 Å². The van der Waals surface area contributed by atoms with Gasteiger partial charge in [0.2, 0.25) is 5.91 Å². The highest BCUT2D eigenvalue weighted by Crippen LogP contribution is 2.20. The van der Waals surface area contributed by atoms with E-state index in [0.717, 1.165) is 11.3 Å². The summed E-state index contributed by atoms with van der Waals surface area (Å²) in [6, 6.07) is 14.6. The topological polar surface area (TPSA) is 101 Å². The molecule has 0 saturated heterocycles. The van der Waals surface area contributed by atoms with E-state index in [1.54, 1.807) is 18.5 Å². The van der Waals surface area contributed by atoms with Crippen LogP contribution in [0.1, 0.15) is 18.3 Å². The van der Waals surface area contributed by atoms with Crippen molar-refractivity contribution in [1.29, 1.82) is 0 Å². The Morgan fingerprint density at radius 2 is 1.85 bits per heavy atom. The number of carbonyl (C=O) groups is 2. The molecule has 3 aromatic rings. The summed E-state index contributed by atoms with van der Waals surface area (Å²) in [5.74, 6) is 0.439. The van der Waals surface area contributed by atoms with E-state index in [-0.39, 0.29) is 18.5 Å². The predicted octanol–water partition coefficient (Wildman–Crippen LogP) is 2.86. The monoisotopic (exact) mass is 364 g/mol.